The van der Waals surface area contributed by atoms with Gasteiger partial charge >= 0.3 is 0 Å². The number of carbonyl (C=O) groups excluding carboxylic acids is 1. The van der Waals surface area contributed by atoms with Crippen molar-refractivity contribution < 1.29 is 9.53 Å². The summed E-state index contributed by atoms with van der Waals surface area (Å²) in [7, 11) is 0. The number of carbonyl (C=O) groups is 1. The Labute approximate surface area is 179 Å². The van der Waals surface area contributed by atoms with Crippen LogP contribution in [0.15, 0.2) is 53.7 Å². The van der Waals surface area contributed by atoms with Crippen LogP contribution in [0.2, 0.25) is 5.02 Å². The van der Waals surface area contributed by atoms with E-state index in [1.54, 1.807) is 12.1 Å². The summed E-state index contributed by atoms with van der Waals surface area (Å²) in [6.45, 7) is 6.67. The predicted octanol–water partition coefficient (Wildman–Crippen LogP) is 5.13. The summed E-state index contributed by atoms with van der Waals surface area (Å²) >= 11 is 7.41. The molecule has 152 valence electrons. The summed E-state index contributed by atoms with van der Waals surface area (Å²) in [6, 6.07) is 15.0. The smallest absolute Gasteiger partial charge is 0.234 e. The average molecular weight is 431 g/mol. The minimum Gasteiger partial charge on any atom is -0.483 e. The number of hydrogen-bond donors (Lipinski definition) is 1. The molecule has 1 atom stereocenters. The van der Waals surface area contributed by atoms with Crippen molar-refractivity contribution in [3.8, 4) is 5.75 Å². The molecule has 8 heteroatoms. The Morgan fingerprint density at radius 1 is 1.21 bits per heavy atom. The molecule has 0 spiro atoms. The molecule has 2 aromatic carbocycles. The summed E-state index contributed by atoms with van der Waals surface area (Å²) in [5.74, 6) is 1.56. The van der Waals surface area contributed by atoms with Gasteiger partial charge in [-0.15, -0.1) is 10.2 Å². The number of hydrogen-bond acceptors (Lipinski definition) is 5. The van der Waals surface area contributed by atoms with Crippen LogP contribution in [0.4, 0.5) is 5.69 Å². The second-order valence-corrected chi connectivity index (χ2v) is 7.82. The van der Waals surface area contributed by atoms with E-state index in [0.29, 0.717) is 22.4 Å². The maximum atomic E-state index is 12.3. The number of nitrogens with one attached hydrogen (secondary N) is 1. The monoisotopic (exact) mass is 430 g/mol. The van der Waals surface area contributed by atoms with Crippen molar-refractivity contribution in [3.05, 3.63) is 64.9 Å². The molecule has 0 bridgehead atoms. The van der Waals surface area contributed by atoms with E-state index in [-0.39, 0.29) is 17.8 Å². The standard InChI is InChI=1S/C21H23ClN4O2S/c1-4-26-20(15(3)28-16-11-9-14(2)10-12-16)24-25-21(26)29-13-19(27)23-18-8-6-5-7-17(18)22/h5-12,15H,4,13H2,1-3H3,(H,23,27). The van der Waals surface area contributed by atoms with Crippen LogP contribution in [0.1, 0.15) is 31.3 Å². The normalized spacial score (nSPS) is 11.9. The van der Waals surface area contributed by atoms with Crippen molar-refractivity contribution in [2.75, 3.05) is 11.1 Å². The Kier molecular flexibility index (Phi) is 7.17. The number of rotatable bonds is 8. The van der Waals surface area contributed by atoms with E-state index in [1.807, 2.05) is 61.7 Å². The highest BCUT2D eigenvalue weighted by molar-refractivity contribution is 7.99. The Bertz CT molecular complexity index is 975. The van der Waals surface area contributed by atoms with E-state index in [0.717, 1.165) is 11.6 Å². The summed E-state index contributed by atoms with van der Waals surface area (Å²) in [5.41, 5.74) is 1.77. The summed E-state index contributed by atoms with van der Waals surface area (Å²) in [4.78, 5) is 12.3. The molecule has 1 aromatic heterocycles. The van der Waals surface area contributed by atoms with E-state index in [9.17, 15) is 4.79 Å². The molecule has 1 heterocycles. The lowest BCUT2D eigenvalue weighted by Crippen LogP contribution is -2.15. The minimum atomic E-state index is -0.267. The molecule has 1 N–H and O–H groups in total. The molecule has 0 saturated heterocycles. The van der Waals surface area contributed by atoms with Gasteiger partial charge in [-0.1, -0.05) is 53.2 Å². The van der Waals surface area contributed by atoms with Gasteiger partial charge in [0.1, 0.15) is 5.75 Å². The third-order valence-electron chi connectivity index (χ3n) is 4.24. The first-order chi connectivity index (χ1) is 14.0. The number of anilines is 1. The second kappa shape index (κ2) is 9.80. The molecule has 3 aromatic rings. The first-order valence-electron chi connectivity index (χ1n) is 9.31. The summed E-state index contributed by atoms with van der Waals surface area (Å²) < 4.78 is 7.97. The SMILES string of the molecule is CCn1c(SCC(=O)Nc2ccccc2Cl)nnc1C(C)Oc1ccc(C)cc1. The van der Waals surface area contributed by atoms with Gasteiger partial charge in [0.2, 0.25) is 5.91 Å². The van der Waals surface area contributed by atoms with E-state index >= 15 is 0 Å². The molecule has 0 saturated carbocycles. The highest BCUT2D eigenvalue weighted by Gasteiger charge is 2.19. The fraction of sp³-hybridized carbons (Fsp3) is 0.286. The summed E-state index contributed by atoms with van der Waals surface area (Å²) in [5, 5.41) is 12.5. The van der Waals surface area contributed by atoms with Crippen molar-refractivity contribution in [1.29, 1.82) is 0 Å². The molecular weight excluding hydrogens is 408 g/mol. The minimum absolute atomic E-state index is 0.153. The van der Waals surface area contributed by atoms with Crippen molar-refractivity contribution in [2.24, 2.45) is 0 Å². The topological polar surface area (TPSA) is 69.0 Å². The van der Waals surface area contributed by atoms with Gasteiger partial charge in [0.15, 0.2) is 17.1 Å². The van der Waals surface area contributed by atoms with Crippen LogP contribution >= 0.6 is 23.4 Å². The number of aromatic nitrogens is 3. The van der Waals surface area contributed by atoms with Crippen LogP contribution in [0.5, 0.6) is 5.75 Å². The average Bonchev–Trinajstić information content (AvgIpc) is 3.13. The lowest BCUT2D eigenvalue weighted by Gasteiger charge is -2.15. The second-order valence-electron chi connectivity index (χ2n) is 6.47. The van der Waals surface area contributed by atoms with Crippen LogP contribution in [-0.2, 0) is 11.3 Å². The molecular formula is C21H23ClN4O2S. The highest BCUT2D eigenvalue weighted by Crippen LogP contribution is 2.25. The molecule has 29 heavy (non-hydrogen) atoms. The number of benzene rings is 2. The van der Waals surface area contributed by atoms with Gasteiger partial charge in [0.05, 0.1) is 16.5 Å². The summed E-state index contributed by atoms with van der Waals surface area (Å²) in [6.07, 6.45) is -0.267. The third kappa shape index (κ3) is 5.52. The third-order valence-corrected chi connectivity index (χ3v) is 5.54. The number of halogens is 1. The number of para-hydroxylation sites is 1. The van der Waals surface area contributed by atoms with Gasteiger partial charge in [-0.3, -0.25) is 4.79 Å². The Morgan fingerprint density at radius 3 is 2.62 bits per heavy atom. The number of nitrogens with zero attached hydrogens (tertiary/aromatic N) is 3. The maximum absolute atomic E-state index is 12.3. The Hall–Kier alpha value is -2.51. The van der Waals surface area contributed by atoms with Crippen LogP contribution in [0, 0.1) is 6.92 Å². The van der Waals surface area contributed by atoms with Crippen molar-refractivity contribution in [1.82, 2.24) is 14.8 Å². The Balaban J connectivity index is 1.63. The molecule has 0 fully saturated rings. The molecule has 6 nitrogen and oxygen atoms in total. The first-order valence-corrected chi connectivity index (χ1v) is 10.7. The van der Waals surface area contributed by atoms with E-state index in [1.165, 1.54) is 17.3 Å². The molecule has 0 radical (unpaired) electrons. The molecule has 0 aliphatic rings. The fourth-order valence-electron chi connectivity index (χ4n) is 2.76. The zero-order chi connectivity index (χ0) is 20.8. The number of thioether (sulfide) groups is 1. The van der Waals surface area contributed by atoms with E-state index in [2.05, 4.69) is 15.5 Å². The van der Waals surface area contributed by atoms with Gasteiger partial charge in [-0.05, 0) is 45.0 Å². The lowest BCUT2D eigenvalue weighted by molar-refractivity contribution is -0.113. The van der Waals surface area contributed by atoms with Crippen molar-refractivity contribution >= 4 is 35.0 Å². The molecule has 1 unspecified atom stereocenters. The quantitative estimate of drug-likeness (QED) is 0.501. The molecule has 0 aliphatic heterocycles. The maximum Gasteiger partial charge on any atom is 0.234 e. The van der Waals surface area contributed by atoms with Crippen LogP contribution in [0.25, 0.3) is 0 Å². The Morgan fingerprint density at radius 2 is 1.93 bits per heavy atom. The zero-order valence-electron chi connectivity index (χ0n) is 16.6. The lowest BCUT2D eigenvalue weighted by atomic mass is 10.2. The number of aryl methyl sites for hydroxylation is 1. The number of ether oxygens (including phenoxy) is 1. The number of amides is 1. The van der Waals surface area contributed by atoms with Crippen molar-refractivity contribution in [3.63, 3.8) is 0 Å². The fourth-order valence-corrected chi connectivity index (χ4v) is 3.75. The van der Waals surface area contributed by atoms with E-state index in [4.69, 9.17) is 16.3 Å². The zero-order valence-corrected chi connectivity index (χ0v) is 18.1. The van der Waals surface area contributed by atoms with Gasteiger partial charge in [-0.2, -0.15) is 0 Å². The first kappa shape index (κ1) is 21.2. The van der Waals surface area contributed by atoms with E-state index < -0.39 is 0 Å². The van der Waals surface area contributed by atoms with Crippen LogP contribution in [0.3, 0.4) is 0 Å². The van der Waals surface area contributed by atoms with Gasteiger partial charge in [0.25, 0.3) is 0 Å². The molecule has 3 rings (SSSR count). The molecule has 1 amide bonds. The predicted molar refractivity (Wildman–Crippen MR) is 117 cm³/mol. The van der Waals surface area contributed by atoms with Crippen LogP contribution in [-0.4, -0.2) is 26.4 Å². The van der Waals surface area contributed by atoms with Crippen molar-refractivity contribution in [2.45, 2.75) is 38.6 Å². The van der Waals surface area contributed by atoms with Crippen LogP contribution < -0.4 is 10.1 Å². The van der Waals surface area contributed by atoms with Gasteiger partial charge in [-0.25, -0.2) is 0 Å². The van der Waals surface area contributed by atoms with Gasteiger partial charge < -0.3 is 14.6 Å². The molecule has 0 aliphatic carbocycles. The largest absolute Gasteiger partial charge is 0.483 e. The highest BCUT2D eigenvalue weighted by atomic mass is 35.5. The van der Waals surface area contributed by atoms with Gasteiger partial charge in [0, 0.05) is 6.54 Å².